The molecule has 1 aromatic rings. The van der Waals surface area contributed by atoms with Gasteiger partial charge in [0.25, 0.3) is 0 Å². The van der Waals surface area contributed by atoms with Gasteiger partial charge in [0.15, 0.2) is 0 Å². The number of hydrogen-bond donors (Lipinski definition) is 1. The van der Waals surface area contributed by atoms with E-state index in [-0.39, 0.29) is 0 Å². The summed E-state index contributed by atoms with van der Waals surface area (Å²) >= 11 is 0. The first-order valence-electron chi connectivity index (χ1n) is 5.07. The zero-order valence-electron chi connectivity index (χ0n) is 9.59. The highest BCUT2D eigenvalue weighted by molar-refractivity contribution is 5.55. The van der Waals surface area contributed by atoms with E-state index in [1.165, 1.54) is 16.8 Å². The van der Waals surface area contributed by atoms with E-state index >= 15 is 0 Å². The second kappa shape index (κ2) is 5.01. The van der Waals surface area contributed by atoms with Gasteiger partial charge >= 0.3 is 0 Å². The normalized spacial score (nSPS) is 10.3. The molecule has 0 unspecified atom stereocenters. The summed E-state index contributed by atoms with van der Waals surface area (Å²) in [6.45, 7) is 3.21. The van der Waals surface area contributed by atoms with Crippen molar-refractivity contribution >= 4 is 5.69 Å². The van der Waals surface area contributed by atoms with Crippen LogP contribution < -0.4 is 10.2 Å². The summed E-state index contributed by atoms with van der Waals surface area (Å²) in [6.07, 6.45) is 1.09. The van der Waals surface area contributed by atoms with Gasteiger partial charge < -0.3 is 10.2 Å². The summed E-state index contributed by atoms with van der Waals surface area (Å²) in [5, 5.41) is 3.19. The van der Waals surface area contributed by atoms with E-state index < -0.39 is 0 Å². The molecule has 0 aliphatic heterocycles. The quantitative estimate of drug-likeness (QED) is 0.783. The highest BCUT2D eigenvalue weighted by atomic mass is 15.1. The molecule has 0 aliphatic rings. The molecule has 0 fully saturated rings. The van der Waals surface area contributed by atoms with Crippen molar-refractivity contribution in [3.05, 3.63) is 29.3 Å². The van der Waals surface area contributed by atoms with Gasteiger partial charge in [-0.3, -0.25) is 0 Å². The van der Waals surface area contributed by atoms with Crippen molar-refractivity contribution in [2.75, 3.05) is 32.6 Å². The van der Waals surface area contributed by atoms with Crippen molar-refractivity contribution in [1.82, 2.24) is 5.32 Å². The van der Waals surface area contributed by atoms with Crippen LogP contribution in [-0.4, -0.2) is 27.7 Å². The molecule has 1 rings (SSSR count). The Morgan fingerprint density at radius 2 is 2.00 bits per heavy atom. The molecule has 0 amide bonds. The molecule has 0 radical (unpaired) electrons. The van der Waals surface area contributed by atoms with Crippen molar-refractivity contribution in [2.45, 2.75) is 13.3 Å². The lowest BCUT2D eigenvalue weighted by Crippen LogP contribution is -2.16. The number of anilines is 1. The lowest BCUT2D eigenvalue weighted by atomic mass is 10.0. The first kappa shape index (κ1) is 11.1. The topological polar surface area (TPSA) is 15.3 Å². The number of nitrogens with one attached hydrogen (secondary N) is 1. The zero-order valence-corrected chi connectivity index (χ0v) is 9.59. The molecule has 1 aromatic carbocycles. The van der Waals surface area contributed by atoms with Gasteiger partial charge in [-0.05, 0) is 44.1 Å². The Balaban J connectivity index is 2.96. The van der Waals surface area contributed by atoms with Crippen LogP contribution in [0.2, 0.25) is 0 Å². The second-order valence-electron chi connectivity index (χ2n) is 3.82. The number of aryl methyl sites for hydroxylation is 1. The fraction of sp³-hybridized carbons (Fsp3) is 0.500. The molecule has 0 bridgehead atoms. The monoisotopic (exact) mass is 192 g/mol. The van der Waals surface area contributed by atoms with Gasteiger partial charge in [0.2, 0.25) is 0 Å². The molecule has 14 heavy (non-hydrogen) atoms. The Hall–Kier alpha value is -1.02. The minimum atomic E-state index is 1.03. The van der Waals surface area contributed by atoms with Gasteiger partial charge in [0.05, 0.1) is 0 Å². The van der Waals surface area contributed by atoms with Crippen LogP contribution in [0.5, 0.6) is 0 Å². The molecule has 0 heterocycles. The van der Waals surface area contributed by atoms with Crippen molar-refractivity contribution in [1.29, 1.82) is 0 Å². The predicted molar refractivity (Wildman–Crippen MR) is 63.1 cm³/mol. The van der Waals surface area contributed by atoms with E-state index in [4.69, 9.17) is 0 Å². The SMILES string of the molecule is CNCCc1c(C)cccc1N(C)C. The highest BCUT2D eigenvalue weighted by Gasteiger charge is 2.05. The Morgan fingerprint density at radius 1 is 1.29 bits per heavy atom. The molecule has 1 N–H and O–H groups in total. The number of likely N-dealkylation sites (N-methyl/N-ethyl adjacent to an activating group) is 1. The molecule has 0 atom stereocenters. The Morgan fingerprint density at radius 3 is 2.57 bits per heavy atom. The highest BCUT2D eigenvalue weighted by Crippen LogP contribution is 2.22. The van der Waals surface area contributed by atoms with Gasteiger partial charge in [0.1, 0.15) is 0 Å². The molecule has 78 valence electrons. The number of benzene rings is 1. The third-order valence-electron chi connectivity index (χ3n) is 2.49. The van der Waals surface area contributed by atoms with Crippen LogP contribution >= 0.6 is 0 Å². The van der Waals surface area contributed by atoms with Crippen molar-refractivity contribution in [2.24, 2.45) is 0 Å². The summed E-state index contributed by atoms with van der Waals surface area (Å²) in [6, 6.07) is 6.48. The summed E-state index contributed by atoms with van der Waals surface area (Å²) in [7, 11) is 6.18. The standard InChI is InChI=1S/C12H20N2/c1-10-6-5-7-12(14(3)4)11(10)8-9-13-2/h5-7,13H,8-9H2,1-4H3. The van der Waals surface area contributed by atoms with Crippen LogP contribution in [0, 0.1) is 6.92 Å². The Kier molecular flexibility index (Phi) is 3.96. The van der Waals surface area contributed by atoms with Crippen LogP contribution in [-0.2, 0) is 6.42 Å². The van der Waals surface area contributed by atoms with Gasteiger partial charge in [-0.1, -0.05) is 12.1 Å². The minimum Gasteiger partial charge on any atom is -0.377 e. The number of hydrogen-bond acceptors (Lipinski definition) is 2. The van der Waals surface area contributed by atoms with Gasteiger partial charge in [-0.25, -0.2) is 0 Å². The zero-order chi connectivity index (χ0) is 10.6. The maximum absolute atomic E-state index is 3.19. The predicted octanol–water partition coefficient (Wildman–Crippen LogP) is 1.82. The van der Waals surface area contributed by atoms with Crippen LogP contribution in [0.15, 0.2) is 18.2 Å². The molecule has 0 aromatic heterocycles. The van der Waals surface area contributed by atoms with Crippen molar-refractivity contribution in [3.63, 3.8) is 0 Å². The molecule has 0 aliphatic carbocycles. The van der Waals surface area contributed by atoms with E-state index in [2.05, 4.69) is 49.4 Å². The average Bonchev–Trinajstić information content (AvgIpc) is 2.15. The summed E-state index contributed by atoms with van der Waals surface area (Å²) in [5.74, 6) is 0. The summed E-state index contributed by atoms with van der Waals surface area (Å²) in [5.41, 5.74) is 4.17. The van der Waals surface area contributed by atoms with Crippen molar-refractivity contribution < 1.29 is 0 Å². The van der Waals surface area contributed by atoms with E-state index in [0.29, 0.717) is 0 Å². The maximum Gasteiger partial charge on any atom is 0.0396 e. The Labute approximate surface area is 86.9 Å². The third kappa shape index (κ3) is 2.48. The summed E-state index contributed by atoms with van der Waals surface area (Å²) in [4.78, 5) is 2.18. The molecule has 0 saturated heterocycles. The van der Waals surface area contributed by atoms with E-state index in [0.717, 1.165) is 13.0 Å². The fourth-order valence-electron chi connectivity index (χ4n) is 1.68. The van der Waals surface area contributed by atoms with Crippen LogP contribution in [0.3, 0.4) is 0 Å². The van der Waals surface area contributed by atoms with Crippen LogP contribution in [0.25, 0.3) is 0 Å². The fourth-order valence-corrected chi connectivity index (χ4v) is 1.68. The molecule has 0 saturated carbocycles. The lowest BCUT2D eigenvalue weighted by Gasteiger charge is -2.19. The molecule has 0 spiro atoms. The van der Waals surface area contributed by atoms with Crippen LogP contribution in [0.1, 0.15) is 11.1 Å². The summed E-state index contributed by atoms with van der Waals surface area (Å²) < 4.78 is 0. The van der Waals surface area contributed by atoms with Gasteiger partial charge in [0, 0.05) is 19.8 Å². The largest absolute Gasteiger partial charge is 0.377 e. The molecular formula is C12H20N2. The first-order valence-corrected chi connectivity index (χ1v) is 5.07. The molecular weight excluding hydrogens is 172 g/mol. The smallest absolute Gasteiger partial charge is 0.0396 e. The molecule has 2 heteroatoms. The first-order chi connectivity index (χ1) is 6.66. The van der Waals surface area contributed by atoms with Gasteiger partial charge in [-0.2, -0.15) is 0 Å². The van der Waals surface area contributed by atoms with Gasteiger partial charge in [-0.15, -0.1) is 0 Å². The number of nitrogens with zero attached hydrogens (tertiary/aromatic N) is 1. The molecule has 2 nitrogen and oxygen atoms in total. The minimum absolute atomic E-state index is 1.03. The maximum atomic E-state index is 3.19. The van der Waals surface area contributed by atoms with E-state index in [9.17, 15) is 0 Å². The van der Waals surface area contributed by atoms with E-state index in [1.807, 2.05) is 7.05 Å². The van der Waals surface area contributed by atoms with E-state index in [1.54, 1.807) is 0 Å². The second-order valence-corrected chi connectivity index (χ2v) is 3.82. The van der Waals surface area contributed by atoms with Crippen molar-refractivity contribution in [3.8, 4) is 0 Å². The Bertz CT molecular complexity index is 292. The lowest BCUT2D eigenvalue weighted by molar-refractivity contribution is 0.787. The average molecular weight is 192 g/mol. The number of rotatable bonds is 4. The third-order valence-corrected chi connectivity index (χ3v) is 2.49. The van der Waals surface area contributed by atoms with Crippen LogP contribution in [0.4, 0.5) is 5.69 Å².